The predicted octanol–water partition coefficient (Wildman–Crippen LogP) is 2.78. The van der Waals surface area contributed by atoms with Crippen LogP contribution < -0.4 is 16.0 Å². The summed E-state index contributed by atoms with van der Waals surface area (Å²) in [6, 6.07) is 19.9. The number of H-pyrrole nitrogens is 1. The average Bonchev–Trinajstić information content (AvgIpc) is 3.60. The van der Waals surface area contributed by atoms with Gasteiger partial charge < -0.3 is 30.4 Å². The van der Waals surface area contributed by atoms with E-state index in [4.69, 9.17) is 9.47 Å². The zero-order chi connectivity index (χ0) is 33.6. The van der Waals surface area contributed by atoms with Gasteiger partial charge in [0.25, 0.3) is 5.69 Å². The predicted molar refractivity (Wildman–Crippen MR) is 169 cm³/mol. The molecule has 4 rings (SSSR count). The van der Waals surface area contributed by atoms with Crippen molar-refractivity contribution in [1.82, 2.24) is 25.9 Å². The molecule has 0 unspecified atom stereocenters. The Morgan fingerprint density at radius 2 is 1.32 bits per heavy atom. The number of carbonyl (C=O) groups excluding carboxylic acids is 4. The van der Waals surface area contributed by atoms with Crippen molar-refractivity contribution < 1.29 is 33.6 Å². The summed E-state index contributed by atoms with van der Waals surface area (Å²) >= 11 is 0. The molecule has 0 aliphatic carbocycles. The first-order valence-electron chi connectivity index (χ1n) is 14.6. The number of nitrogens with one attached hydrogen (secondary N) is 4. The number of alkyl carbamates (subject to hydrolysis) is 1. The van der Waals surface area contributed by atoms with E-state index in [2.05, 4.69) is 25.9 Å². The molecule has 47 heavy (non-hydrogen) atoms. The van der Waals surface area contributed by atoms with E-state index in [0.29, 0.717) is 11.3 Å². The van der Waals surface area contributed by atoms with Gasteiger partial charge in [0.05, 0.1) is 18.4 Å². The normalized spacial score (nSPS) is 12.5. The van der Waals surface area contributed by atoms with Gasteiger partial charge in [-0.15, -0.1) is 0 Å². The first-order valence-corrected chi connectivity index (χ1v) is 14.6. The van der Waals surface area contributed by atoms with Crippen molar-refractivity contribution in [1.29, 1.82) is 0 Å². The second-order valence-corrected chi connectivity index (χ2v) is 10.5. The Bertz CT molecular complexity index is 1630. The first kappa shape index (κ1) is 33.8. The fraction of sp³-hybridized carbons (Fsp3) is 0.242. The van der Waals surface area contributed by atoms with Gasteiger partial charge in [0.15, 0.2) is 0 Å². The summed E-state index contributed by atoms with van der Waals surface area (Å²) in [5.41, 5.74) is 2.38. The number of carbonyl (C=O) groups is 4. The SMILES string of the molecule is COC(=O)[C@H](Cc1ccccc1)NC(=O)[C@H](Cc1ccc([N+](=O)[O-])cc1)NC(=O)[C@H](Cc1cnc[nH]1)NC(=O)OCc1ccccc1. The lowest BCUT2D eigenvalue weighted by Crippen LogP contribution is -2.57. The molecule has 0 fully saturated rings. The fourth-order valence-electron chi connectivity index (χ4n) is 4.66. The van der Waals surface area contributed by atoms with Crippen molar-refractivity contribution in [3.8, 4) is 0 Å². The van der Waals surface area contributed by atoms with Gasteiger partial charge in [-0.05, 0) is 16.7 Å². The maximum atomic E-state index is 13.7. The Morgan fingerprint density at radius 3 is 1.89 bits per heavy atom. The van der Waals surface area contributed by atoms with Crippen LogP contribution in [0.2, 0.25) is 0 Å². The number of non-ortho nitro benzene ring substituents is 1. The topological polar surface area (TPSA) is 195 Å². The van der Waals surface area contributed by atoms with Gasteiger partial charge in [0.2, 0.25) is 11.8 Å². The molecular weight excluding hydrogens is 608 g/mol. The number of rotatable bonds is 15. The van der Waals surface area contributed by atoms with Crippen LogP contribution in [0.5, 0.6) is 0 Å². The van der Waals surface area contributed by atoms with Crippen LogP contribution in [0.3, 0.4) is 0 Å². The molecule has 0 aliphatic rings. The van der Waals surface area contributed by atoms with Gasteiger partial charge in [-0.25, -0.2) is 14.6 Å². The van der Waals surface area contributed by atoms with E-state index in [-0.39, 0.29) is 31.6 Å². The third-order valence-corrected chi connectivity index (χ3v) is 7.11. The zero-order valence-corrected chi connectivity index (χ0v) is 25.5. The van der Waals surface area contributed by atoms with E-state index in [1.165, 1.54) is 43.9 Å². The number of esters is 1. The highest BCUT2D eigenvalue weighted by molar-refractivity contribution is 5.93. The van der Waals surface area contributed by atoms with E-state index in [1.807, 2.05) is 12.1 Å². The largest absolute Gasteiger partial charge is 0.467 e. The highest BCUT2D eigenvalue weighted by Crippen LogP contribution is 2.14. The number of ether oxygens (including phenoxy) is 2. The second-order valence-electron chi connectivity index (χ2n) is 10.5. The molecule has 0 saturated heterocycles. The van der Waals surface area contributed by atoms with E-state index in [0.717, 1.165) is 11.1 Å². The quantitative estimate of drug-likeness (QED) is 0.0857. The number of nitro groups is 1. The van der Waals surface area contributed by atoms with Gasteiger partial charge in [0.1, 0.15) is 24.7 Å². The fourth-order valence-corrected chi connectivity index (χ4v) is 4.66. The Balaban J connectivity index is 1.54. The summed E-state index contributed by atoms with van der Waals surface area (Å²) in [4.78, 5) is 70.3. The smallest absolute Gasteiger partial charge is 0.408 e. The summed E-state index contributed by atoms with van der Waals surface area (Å²) in [6.07, 6.45) is 2.06. The minimum atomic E-state index is -1.27. The number of nitro benzene ring substituents is 1. The van der Waals surface area contributed by atoms with Gasteiger partial charge in [-0.3, -0.25) is 19.7 Å². The first-order chi connectivity index (χ1) is 22.7. The maximum Gasteiger partial charge on any atom is 0.408 e. The number of hydrogen-bond donors (Lipinski definition) is 4. The Kier molecular flexibility index (Phi) is 12.1. The number of aromatic nitrogens is 2. The van der Waals surface area contributed by atoms with Crippen LogP contribution in [-0.2, 0) is 49.7 Å². The molecule has 14 heteroatoms. The zero-order valence-electron chi connectivity index (χ0n) is 25.5. The highest BCUT2D eigenvalue weighted by atomic mass is 16.6. The monoisotopic (exact) mass is 642 g/mol. The van der Waals surface area contributed by atoms with Gasteiger partial charge in [-0.1, -0.05) is 72.8 Å². The summed E-state index contributed by atoms with van der Waals surface area (Å²) < 4.78 is 10.2. The van der Waals surface area contributed by atoms with E-state index in [1.54, 1.807) is 48.5 Å². The van der Waals surface area contributed by atoms with Crippen LogP contribution in [0.25, 0.3) is 0 Å². The van der Waals surface area contributed by atoms with Crippen LogP contribution in [0.4, 0.5) is 10.5 Å². The number of aromatic amines is 1. The van der Waals surface area contributed by atoms with Crippen LogP contribution in [0.1, 0.15) is 22.4 Å². The molecule has 4 aromatic rings. The highest BCUT2D eigenvalue weighted by Gasteiger charge is 2.31. The van der Waals surface area contributed by atoms with Gasteiger partial charge in [0, 0.05) is 43.3 Å². The maximum absolute atomic E-state index is 13.7. The lowest BCUT2D eigenvalue weighted by atomic mass is 10.0. The molecule has 4 N–H and O–H groups in total. The van der Waals surface area contributed by atoms with Crippen LogP contribution in [0, 0.1) is 10.1 Å². The molecular formula is C33H34N6O8. The van der Waals surface area contributed by atoms with Crippen LogP contribution in [-0.4, -0.2) is 64.0 Å². The molecule has 244 valence electrons. The minimum absolute atomic E-state index is 0.0169. The molecule has 3 atom stereocenters. The molecule has 0 spiro atoms. The van der Waals surface area contributed by atoms with Crippen molar-refractivity contribution in [2.75, 3.05) is 7.11 Å². The van der Waals surface area contributed by atoms with Crippen molar-refractivity contribution in [3.05, 3.63) is 130 Å². The second kappa shape index (κ2) is 16.9. The number of nitrogens with zero attached hydrogens (tertiary/aromatic N) is 2. The van der Waals surface area contributed by atoms with Crippen molar-refractivity contribution in [3.63, 3.8) is 0 Å². The van der Waals surface area contributed by atoms with Gasteiger partial charge in [-0.2, -0.15) is 0 Å². The third-order valence-electron chi connectivity index (χ3n) is 7.11. The third kappa shape index (κ3) is 10.5. The van der Waals surface area contributed by atoms with Crippen LogP contribution in [0.15, 0.2) is 97.5 Å². The number of benzene rings is 3. The number of methoxy groups -OCH3 is 1. The number of amides is 3. The lowest BCUT2D eigenvalue weighted by molar-refractivity contribution is -0.384. The summed E-state index contributed by atoms with van der Waals surface area (Å²) in [5.74, 6) is -2.13. The Labute approximate surface area is 270 Å². The molecule has 0 radical (unpaired) electrons. The number of hydrogen-bond acceptors (Lipinski definition) is 9. The Morgan fingerprint density at radius 1 is 0.766 bits per heavy atom. The average molecular weight is 643 g/mol. The minimum Gasteiger partial charge on any atom is -0.467 e. The standard InChI is InChI=1S/C33H34N6O8/c1-46-32(42)29(17-22-8-4-2-5-9-22)37-30(40)27(16-23-12-14-26(15-13-23)39(44)45)36-31(41)28(18-25-19-34-21-35-25)38-33(43)47-20-24-10-6-3-7-11-24/h2-15,19,21,27-29H,16-18,20H2,1H3,(H,34,35)(H,36,41)(H,37,40)(H,38,43)/t27-,28-,29-/m0/s1. The molecule has 3 amide bonds. The number of imidazole rings is 1. The molecule has 14 nitrogen and oxygen atoms in total. The molecule has 0 aliphatic heterocycles. The molecule has 1 heterocycles. The lowest BCUT2D eigenvalue weighted by Gasteiger charge is -2.25. The van der Waals surface area contributed by atoms with Crippen LogP contribution >= 0.6 is 0 Å². The van der Waals surface area contributed by atoms with Crippen molar-refractivity contribution >= 4 is 29.6 Å². The van der Waals surface area contributed by atoms with E-state index < -0.39 is 46.9 Å². The van der Waals surface area contributed by atoms with E-state index >= 15 is 0 Å². The molecule has 3 aromatic carbocycles. The summed E-state index contributed by atoms with van der Waals surface area (Å²) in [7, 11) is 1.20. The van der Waals surface area contributed by atoms with E-state index in [9.17, 15) is 29.3 Å². The molecule has 0 saturated carbocycles. The van der Waals surface area contributed by atoms with Crippen molar-refractivity contribution in [2.24, 2.45) is 0 Å². The summed E-state index contributed by atoms with van der Waals surface area (Å²) in [5, 5.41) is 19.1. The van der Waals surface area contributed by atoms with Crippen molar-refractivity contribution in [2.45, 2.75) is 44.0 Å². The molecule has 1 aromatic heterocycles. The van der Waals surface area contributed by atoms with Gasteiger partial charge >= 0.3 is 12.1 Å². The Hall–Kier alpha value is -6.05. The molecule has 0 bridgehead atoms. The summed E-state index contributed by atoms with van der Waals surface area (Å²) in [6.45, 7) is -0.0351.